The van der Waals surface area contributed by atoms with Gasteiger partial charge < -0.3 is 15.4 Å². The first-order valence-corrected chi connectivity index (χ1v) is 10.1. The van der Waals surface area contributed by atoms with Crippen LogP contribution in [0.2, 0.25) is 0 Å². The standard InChI is InChI=1S/C22H28N4O3/c27-21(24-12-15-29-19-9-4-10-23-17-19)16-20-22(28)25-11-14-26(20)13-5-8-18-6-2-1-3-7-18/h1-4,6-7,9-10,17,20H,5,8,11-16H2,(H,24,27)(H,25,28)/t20-/m0/s1. The SMILES string of the molecule is O=C(C[C@H]1C(=O)NCCN1CCCc1ccccc1)NCCOc1cccnc1. The number of pyridine rings is 1. The molecular weight excluding hydrogens is 368 g/mol. The van der Waals surface area contributed by atoms with Crippen molar-refractivity contribution in [2.24, 2.45) is 0 Å². The van der Waals surface area contributed by atoms with E-state index >= 15 is 0 Å². The Morgan fingerprint density at radius 1 is 1.24 bits per heavy atom. The van der Waals surface area contributed by atoms with Crippen molar-refractivity contribution in [3.8, 4) is 5.75 Å². The minimum Gasteiger partial charge on any atom is -0.490 e. The van der Waals surface area contributed by atoms with Gasteiger partial charge in [-0.2, -0.15) is 0 Å². The molecule has 2 heterocycles. The molecule has 1 aliphatic heterocycles. The van der Waals surface area contributed by atoms with E-state index in [4.69, 9.17) is 4.74 Å². The third-order valence-electron chi connectivity index (χ3n) is 4.90. The van der Waals surface area contributed by atoms with Gasteiger partial charge >= 0.3 is 0 Å². The highest BCUT2D eigenvalue weighted by Gasteiger charge is 2.31. The van der Waals surface area contributed by atoms with Gasteiger partial charge in [-0.25, -0.2) is 0 Å². The summed E-state index contributed by atoms with van der Waals surface area (Å²) >= 11 is 0. The molecule has 3 rings (SSSR count). The largest absolute Gasteiger partial charge is 0.490 e. The van der Waals surface area contributed by atoms with E-state index in [1.54, 1.807) is 18.5 Å². The van der Waals surface area contributed by atoms with Crippen LogP contribution in [0.25, 0.3) is 0 Å². The molecule has 1 atom stereocenters. The summed E-state index contributed by atoms with van der Waals surface area (Å²) in [5.74, 6) is 0.450. The normalized spacial score (nSPS) is 16.8. The number of hydrogen-bond acceptors (Lipinski definition) is 5. The van der Waals surface area contributed by atoms with Gasteiger partial charge in [-0.15, -0.1) is 0 Å². The lowest BCUT2D eigenvalue weighted by molar-refractivity contribution is -0.134. The van der Waals surface area contributed by atoms with Crippen molar-refractivity contribution in [2.75, 3.05) is 32.8 Å². The maximum absolute atomic E-state index is 12.3. The zero-order valence-corrected chi connectivity index (χ0v) is 16.5. The number of aromatic nitrogens is 1. The van der Waals surface area contributed by atoms with Gasteiger partial charge in [0.1, 0.15) is 12.4 Å². The Hall–Kier alpha value is -2.93. The van der Waals surface area contributed by atoms with Gasteiger partial charge in [0.05, 0.1) is 25.2 Å². The Morgan fingerprint density at radius 2 is 2.10 bits per heavy atom. The molecule has 1 saturated heterocycles. The Kier molecular flexibility index (Phi) is 8.01. The highest BCUT2D eigenvalue weighted by atomic mass is 16.5. The Labute approximate surface area is 171 Å². The first-order chi connectivity index (χ1) is 14.2. The molecule has 29 heavy (non-hydrogen) atoms. The lowest BCUT2D eigenvalue weighted by Crippen LogP contribution is -2.56. The van der Waals surface area contributed by atoms with Crippen LogP contribution < -0.4 is 15.4 Å². The third kappa shape index (κ3) is 6.87. The van der Waals surface area contributed by atoms with Crippen molar-refractivity contribution < 1.29 is 14.3 Å². The second-order valence-corrected chi connectivity index (χ2v) is 7.02. The Morgan fingerprint density at radius 3 is 2.90 bits per heavy atom. The second kappa shape index (κ2) is 11.2. The first-order valence-electron chi connectivity index (χ1n) is 10.1. The van der Waals surface area contributed by atoms with Crippen molar-refractivity contribution in [3.63, 3.8) is 0 Å². The molecule has 0 aliphatic carbocycles. The second-order valence-electron chi connectivity index (χ2n) is 7.02. The number of hydrogen-bond donors (Lipinski definition) is 2. The van der Waals surface area contributed by atoms with E-state index < -0.39 is 6.04 Å². The van der Waals surface area contributed by atoms with E-state index in [0.717, 1.165) is 25.9 Å². The fraction of sp³-hybridized carbons (Fsp3) is 0.409. The molecule has 2 amide bonds. The van der Waals surface area contributed by atoms with Gasteiger partial charge in [0.15, 0.2) is 0 Å². The summed E-state index contributed by atoms with van der Waals surface area (Å²) < 4.78 is 5.52. The van der Waals surface area contributed by atoms with Gasteiger partial charge in [-0.1, -0.05) is 30.3 Å². The molecule has 7 nitrogen and oxygen atoms in total. The van der Waals surface area contributed by atoms with Gasteiger partial charge in [-0.05, 0) is 37.1 Å². The maximum Gasteiger partial charge on any atom is 0.237 e. The van der Waals surface area contributed by atoms with Crippen molar-refractivity contribution in [1.82, 2.24) is 20.5 Å². The van der Waals surface area contributed by atoms with Crippen LogP contribution in [-0.2, 0) is 16.0 Å². The molecular formula is C22H28N4O3. The number of rotatable bonds is 10. The molecule has 0 saturated carbocycles. The number of carbonyl (C=O) groups excluding carboxylic acids is 2. The molecule has 154 valence electrons. The predicted molar refractivity (Wildman–Crippen MR) is 110 cm³/mol. The lowest BCUT2D eigenvalue weighted by atomic mass is 10.1. The number of nitrogens with one attached hydrogen (secondary N) is 2. The average molecular weight is 396 g/mol. The fourth-order valence-electron chi connectivity index (χ4n) is 3.42. The maximum atomic E-state index is 12.3. The zero-order valence-electron chi connectivity index (χ0n) is 16.5. The summed E-state index contributed by atoms with van der Waals surface area (Å²) in [5, 5.41) is 5.70. The number of ether oxygens (including phenoxy) is 1. The first kappa shape index (κ1) is 20.8. The topological polar surface area (TPSA) is 83.6 Å². The zero-order chi connectivity index (χ0) is 20.3. The molecule has 2 N–H and O–H groups in total. The predicted octanol–water partition coefficient (Wildman–Crippen LogP) is 1.40. The van der Waals surface area contributed by atoms with Crippen LogP contribution in [0.4, 0.5) is 0 Å². The lowest BCUT2D eigenvalue weighted by Gasteiger charge is -2.34. The van der Waals surface area contributed by atoms with Crippen molar-refractivity contribution in [2.45, 2.75) is 25.3 Å². The summed E-state index contributed by atoms with van der Waals surface area (Å²) in [7, 11) is 0. The van der Waals surface area contributed by atoms with E-state index in [1.807, 2.05) is 24.3 Å². The van der Waals surface area contributed by atoms with Crippen LogP contribution in [0.1, 0.15) is 18.4 Å². The van der Waals surface area contributed by atoms with Crippen LogP contribution >= 0.6 is 0 Å². The van der Waals surface area contributed by atoms with Gasteiger partial charge in [0.25, 0.3) is 0 Å². The monoisotopic (exact) mass is 396 g/mol. The van der Waals surface area contributed by atoms with Crippen molar-refractivity contribution in [3.05, 3.63) is 60.4 Å². The number of piperazine rings is 1. The van der Waals surface area contributed by atoms with Crippen molar-refractivity contribution >= 4 is 11.8 Å². The third-order valence-corrected chi connectivity index (χ3v) is 4.90. The number of aryl methyl sites for hydroxylation is 1. The molecule has 2 aromatic rings. The van der Waals surface area contributed by atoms with E-state index in [-0.39, 0.29) is 18.2 Å². The summed E-state index contributed by atoms with van der Waals surface area (Å²) in [4.78, 5) is 30.7. The molecule has 1 fully saturated rings. The molecule has 7 heteroatoms. The summed E-state index contributed by atoms with van der Waals surface area (Å²) in [5.41, 5.74) is 1.29. The van der Waals surface area contributed by atoms with E-state index in [9.17, 15) is 9.59 Å². The Bertz CT molecular complexity index is 770. The van der Waals surface area contributed by atoms with Crippen LogP contribution in [0, 0.1) is 0 Å². The highest BCUT2D eigenvalue weighted by Crippen LogP contribution is 2.12. The van der Waals surface area contributed by atoms with Crippen molar-refractivity contribution in [1.29, 1.82) is 0 Å². The average Bonchev–Trinajstić information content (AvgIpc) is 2.75. The fourth-order valence-corrected chi connectivity index (χ4v) is 3.42. The molecule has 1 aliphatic rings. The highest BCUT2D eigenvalue weighted by molar-refractivity contribution is 5.88. The van der Waals surface area contributed by atoms with E-state index in [1.165, 1.54) is 5.56 Å². The number of nitrogens with zero attached hydrogens (tertiary/aromatic N) is 2. The minimum atomic E-state index is -0.418. The number of carbonyl (C=O) groups is 2. The quantitative estimate of drug-likeness (QED) is 0.593. The van der Waals surface area contributed by atoms with E-state index in [2.05, 4.69) is 32.7 Å². The van der Waals surface area contributed by atoms with Gasteiger partial charge in [0.2, 0.25) is 11.8 Å². The summed E-state index contributed by atoms with van der Waals surface area (Å²) in [6.45, 7) is 2.93. The number of amides is 2. The molecule has 1 aromatic carbocycles. The summed E-state index contributed by atoms with van der Waals surface area (Å²) in [6, 6.07) is 13.5. The Balaban J connectivity index is 1.40. The molecule has 1 aromatic heterocycles. The molecule has 0 spiro atoms. The van der Waals surface area contributed by atoms with Gasteiger partial charge in [0, 0.05) is 19.3 Å². The van der Waals surface area contributed by atoms with E-state index in [0.29, 0.717) is 25.4 Å². The molecule has 0 radical (unpaired) electrons. The molecule has 0 bridgehead atoms. The van der Waals surface area contributed by atoms with Crippen LogP contribution in [0.3, 0.4) is 0 Å². The summed E-state index contributed by atoms with van der Waals surface area (Å²) in [6.07, 6.45) is 5.37. The smallest absolute Gasteiger partial charge is 0.237 e. The van der Waals surface area contributed by atoms with Gasteiger partial charge in [-0.3, -0.25) is 19.5 Å². The number of benzene rings is 1. The van der Waals surface area contributed by atoms with Crippen LogP contribution in [0.15, 0.2) is 54.9 Å². The molecule has 0 unspecified atom stereocenters. The minimum absolute atomic E-state index is 0.0716. The van der Waals surface area contributed by atoms with Crippen LogP contribution in [-0.4, -0.2) is 60.5 Å². The van der Waals surface area contributed by atoms with Crippen LogP contribution in [0.5, 0.6) is 5.75 Å².